The quantitative estimate of drug-likeness (QED) is 0.710. The van der Waals surface area contributed by atoms with Gasteiger partial charge in [-0.1, -0.05) is 24.3 Å². The van der Waals surface area contributed by atoms with Crippen molar-refractivity contribution >= 4 is 22.9 Å². The molecule has 0 saturated carbocycles. The van der Waals surface area contributed by atoms with E-state index in [9.17, 15) is 4.79 Å². The summed E-state index contributed by atoms with van der Waals surface area (Å²) in [6, 6.07) is 15.6. The van der Waals surface area contributed by atoms with Crippen LogP contribution in [0, 0.1) is 20.8 Å². The summed E-state index contributed by atoms with van der Waals surface area (Å²) in [5.74, 6) is 0.655. The van der Waals surface area contributed by atoms with E-state index in [-0.39, 0.29) is 5.91 Å². The molecule has 1 heterocycles. The Morgan fingerprint density at radius 2 is 1.76 bits per heavy atom. The second kappa shape index (κ2) is 7.49. The fourth-order valence-corrected chi connectivity index (χ4v) is 3.49. The fourth-order valence-electron chi connectivity index (χ4n) is 2.62. The van der Waals surface area contributed by atoms with Crippen molar-refractivity contribution in [3.05, 3.63) is 75.2 Å². The first-order chi connectivity index (χ1) is 12.0. The molecule has 0 atom stereocenters. The van der Waals surface area contributed by atoms with Crippen molar-refractivity contribution in [2.75, 3.05) is 5.32 Å². The molecule has 0 spiro atoms. The molecule has 128 valence electrons. The van der Waals surface area contributed by atoms with Gasteiger partial charge in [0.25, 0.3) is 5.91 Å². The number of ether oxygens (including phenoxy) is 1. The molecule has 0 bridgehead atoms. The molecule has 0 unspecified atom stereocenters. The highest BCUT2D eigenvalue weighted by Gasteiger charge is 2.16. The molecular formula is C20H20N2O2S. The number of carbonyl (C=O) groups is 1. The summed E-state index contributed by atoms with van der Waals surface area (Å²) < 4.78 is 5.71. The number of aryl methyl sites for hydroxylation is 3. The molecule has 0 aliphatic heterocycles. The van der Waals surface area contributed by atoms with Crippen LogP contribution >= 0.6 is 11.3 Å². The summed E-state index contributed by atoms with van der Waals surface area (Å²) in [5, 5.41) is 3.74. The van der Waals surface area contributed by atoms with Crippen molar-refractivity contribution < 1.29 is 9.53 Å². The lowest BCUT2D eigenvalue weighted by Crippen LogP contribution is -2.11. The van der Waals surface area contributed by atoms with Crippen LogP contribution in [0.2, 0.25) is 0 Å². The van der Waals surface area contributed by atoms with Gasteiger partial charge in [-0.2, -0.15) is 0 Å². The highest BCUT2D eigenvalue weighted by Crippen LogP contribution is 2.22. The fraction of sp³-hybridized carbons (Fsp3) is 0.200. The van der Waals surface area contributed by atoms with Crippen LogP contribution in [0.1, 0.15) is 31.5 Å². The highest BCUT2D eigenvalue weighted by molar-refractivity contribution is 7.13. The number of anilines is 1. The average Bonchev–Trinajstić information content (AvgIpc) is 2.94. The highest BCUT2D eigenvalue weighted by atomic mass is 32.1. The lowest BCUT2D eigenvalue weighted by molar-refractivity contribution is 0.103. The summed E-state index contributed by atoms with van der Waals surface area (Å²) in [4.78, 5) is 17.6. The lowest BCUT2D eigenvalue weighted by atomic mass is 10.1. The molecule has 4 nitrogen and oxygen atoms in total. The van der Waals surface area contributed by atoms with Crippen LogP contribution in [0.15, 0.2) is 48.5 Å². The van der Waals surface area contributed by atoms with Gasteiger partial charge in [0.2, 0.25) is 0 Å². The molecule has 3 aromatic rings. The van der Waals surface area contributed by atoms with E-state index in [4.69, 9.17) is 4.74 Å². The number of nitrogens with zero attached hydrogens (tertiary/aromatic N) is 1. The molecule has 25 heavy (non-hydrogen) atoms. The smallest absolute Gasteiger partial charge is 0.267 e. The van der Waals surface area contributed by atoms with Gasteiger partial charge in [-0.15, -0.1) is 11.3 Å². The van der Waals surface area contributed by atoms with Crippen molar-refractivity contribution in [3.63, 3.8) is 0 Å². The Bertz CT molecular complexity index is 868. The monoisotopic (exact) mass is 352 g/mol. The van der Waals surface area contributed by atoms with Crippen molar-refractivity contribution in [3.8, 4) is 5.75 Å². The van der Waals surface area contributed by atoms with Crippen molar-refractivity contribution in [1.29, 1.82) is 0 Å². The number of thiazole rings is 1. The van der Waals surface area contributed by atoms with Gasteiger partial charge >= 0.3 is 0 Å². The molecule has 0 aliphatic rings. The topological polar surface area (TPSA) is 51.2 Å². The summed E-state index contributed by atoms with van der Waals surface area (Å²) >= 11 is 1.37. The summed E-state index contributed by atoms with van der Waals surface area (Å²) in [5.41, 5.74) is 3.76. The third-order valence-corrected chi connectivity index (χ3v) is 4.76. The van der Waals surface area contributed by atoms with E-state index in [0.29, 0.717) is 11.5 Å². The van der Waals surface area contributed by atoms with Crippen LogP contribution in [0.25, 0.3) is 0 Å². The molecule has 1 amide bonds. The number of aromatic nitrogens is 1. The van der Waals surface area contributed by atoms with Gasteiger partial charge in [-0.3, -0.25) is 4.79 Å². The molecular weight excluding hydrogens is 332 g/mol. The molecule has 0 radical (unpaired) electrons. The van der Waals surface area contributed by atoms with E-state index in [1.165, 1.54) is 11.3 Å². The second-order valence-electron chi connectivity index (χ2n) is 5.95. The van der Waals surface area contributed by atoms with Crippen molar-refractivity contribution in [2.24, 2.45) is 0 Å². The zero-order valence-electron chi connectivity index (χ0n) is 14.5. The minimum Gasteiger partial charge on any atom is -0.486 e. The van der Waals surface area contributed by atoms with Crippen LogP contribution in [0.3, 0.4) is 0 Å². The van der Waals surface area contributed by atoms with Gasteiger partial charge in [-0.05, 0) is 56.2 Å². The normalized spacial score (nSPS) is 10.5. The predicted octanol–water partition coefficient (Wildman–Crippen LogP) is 4.90. The number of carbonyl (C=O) groups excluding carboxylic acids is 1. The van der Waals surface area contributed by atoms with Crippen LogP contribution in [0.4, 0.5) is 5.69 Å². The number of hydrogen-bond donors (Lipinski definition) is 1. The van der Waals surface area contributed by atoms with E-state index in [0.717, 1.165) is 33.3 Å². The number of rotatable bonds is 5. The number of amides is 1. The molecule has 0 fully saturated rings. The maximum Gasteiger partial charge on any atom is 0.267 e. The molecule has 1 aromatic heterocycles. The Morgan fingerprint density at radius 3 is 2.44 bits per heavy atom. The van der Waals surface area contributed by atoms with Gasteiger partial charge in [-0.25, -0.2) is 4.98 Å². The third kappa shape index (κ3) is 4.45. The average molecular weight is 352 g/mol. The number of para-hydroxylation sites is 1. The number of nitrogens with one attached hydrogen (secondary N) is 1. The van der Waals surface area contributed by atoms with Crippen LogP contribution in [-0.2, 0) is 6.61 Å². The Morgan fingerprint density at radius 1 is 1.08 bits per heavy atom. The third-order valence-electron chi connectivity index (χ3n) is 3.63. The summed E-state index contributed by atoms with van der Waals surface area (Å²) in [6.07, 6.45) is 0. The SMILES string of the molecule is Cc1cc(C)cc(NC(=O)c2sc(COc3ccccc3)nc2C)c1. The van der Waals surface area contributed by atoms with E-state index >= 15 is 0 Å². The maximum absolute atomic E-state index is 12.6. The largest absolute Gasteiger partial charge is 0.486 e. The summed E-state index contributed by atoms with van der Waals surface area (Å²) in [7, 11) is 0. The second-order valence-corrected chi connectivity index (χ2v) is 7.04. The van der Waals surface area contributed by atoms with Crippen LogP contribution in [0.5, 0.6) is 5.75 Å². The number of benzene rings is 2. The van der Waals surface area contributed by atoms with E-state index in [1.54, 1.807) is 0 Å². The Kier molecular flexibility index (Phi) is 5.14. The molecule has 0 saturated heterocycles. The molecule has 0 aliphatic carbocycles. The predicted molar refractivity (Wildman–Crippen MR) is 101 cm³/mol. The molecule has 2 aromatic carbocycles. The first-order valence-corrected chi connectivity index (χ1v) is 8.87. The van der Waals surface area contributed by atoms with Gasteiger partial charge in [0.15, 0.2) is 0 Å². The van der Waals surface area contributed by atoms with Crippen LogP contribution in [-0.4, -0.2) is 10.9 Å². The molecule has 1 N–H and O–H groups in total. The van der Waals surface area contributed by atoms with E-state index in [1.807, 2.05) is 63.2 Å². The first kappa shape index (κ1) is 17.2. The minimum absolute atomic E-state index is 0.133. The van der Waals surface area contributed by atoms with Crippen molar-refractivity contribution in [2.45, 2.75) is 27.4 Å². The van der Waals surface area contributed by atoms with Gasteiger partial charge in [0.1, 0.15) is 22.2 Å². The standard InChI is InChI=1S/C20H20N2O2S/c1-13-9-14(2)11-16(10-13)22-20(23)19-15(3)21-18(25-19)12-24-17-7-5-4-6-8-17/h4-11H,12H2,1-3H3,(H,22,23). The summed E-state index contributed by atoms with van der Waals surface area (Å²) in [6.45, 7) is 6.23. The maximum atomic E-state index is 12.6. The Balaban J connectivity index is 1.69. The lowest BCUT2D eigenvalue weighted by Gasteiger charge is -2.06. The molecule has 3 rings (SSSR count). The molecule has 5 heteroatoms. The van der Waals surface area contributed by atoms with E-state index in [2.05, 4.69) is 16.4 Å². The Labute approximate surface area is 151 Å². The Hall–Kier alpha value is -2.66. The van der Waals surface area contributed by atoms with Gasteiger partial charge < -0.3 is 10.1 Å². The number of hydrogen-bond acceptors (Lipinski definition) is 4. The van der Waals surface area contributed by atoms with Crippen molar-refractivity contribution in [1.82, 2.24) is 4.98 Å². The van der Waals surface area contributed by atoms with Crippen LogP contribution < -0.4 is 10.1 Å². The first-order valence-electron chi connectivity index (χ1n) is 8.05. The van der Waals surface area contributed by atoms with Gasteiger partial charge in [0.05, 0.1) is 5.69 Å². The minimum atomic E-state index is -0.133. The zero-order valence-corrected chi connectivity index (χ0v) is 15.3. The zero-order chi connectivity index (χ0) is 17.8. The van der Waals surface area contributed by atoms with Gasteiger partial charge in [0, 0.05) is 5.69 Å². The van der Waals surface area contributed by atoms with E-state index < -0.39 is 0 Å².